The van der Waals surface area contributed by atoms with Gasteiger partial charge in [-0.3, -0.25) is 4.99 Å². The van der Waals surface area contributed by atoms with E-state index in [9.17, 15) is 5.11 Å². The Labute approximate surface area is 151 Å². The molecule has 0 aromatic carbocycles. The Kier molecular flexibility index (Phi) is 11.1. The van der Waals surface area contributed by atoms with E-state index in [-0.39, 0.29) is 36.0 Å². The maximum absolute atomic E-state index is 9.51. The molecule has 1 saturated heterocycles. The minimum absolute atomic E-state index is 0. The Morgan fingerprint density at radius 3 is 2.67 bits per heavy atom. The van der Waals surface area contributed by atoms with Gasteiger partial charge in [-0.25, -0.2) is 0 Å². The number of hydrogen-bond donors (Lipinski definition) is 2. The third-order valence-corrected chi connectivity index (χ3v) is 5.45. The zero-order chi connectivity index (χ0) is 15.0. The van der Waals surface area contributed by atoms with Gasteiger partial charge in [-0.15, -0.1) is 24.0 Å². The summed E-state index contributed by atoms with van der Waals surface area (Å²) in [6, 6.07) is 0. The first-order valence-corrected chi connectivity index (χ1v) is 8.89. The van der Waals surface area contributed by atoms with Gasteiger partial charge in [-0.05, 0) is 19.8 Å². The molecule has 2 atom stereocenters. The van der Waals surface area contributed by atoms with Crippen molar-refractivity contribution in [1.29, 1.82) is 0 Å². The Balaban J connectivity index is 0.00000400. The van der Waals surface area contributed by atoms with Crippen molar-refractivity contribution in [3.05, 3.63) is 0 Å². The fourth-order valence-electron chi connectivity index (χ4n) is 2.12. The highest BCUT2D eigenvalue weighted by molar-refractivity contribution is 14.0. The van der Waals surface area contributed by atoms with Crippen LogP contribution in [0.25, 0.3) is 0 Å². The van der Waals surface area contributed by atoms with E-state index in [0.717, 1.165) is 32.0 Å². The molecule has 1 fully saturated rings. The van der Waals surface area contributed by atoms with E-state index in [1.54, 1.807) is 0 Å². The lowest BCUT2D eigenvalue weighted by atomic mass is 9.89. The van der Waals surface area contributed by atoms with Crippen LogP contribution in [-0.2, 0) is 0 Å². The number of nitrogens with zero attached hydrogens (tertiary/aromatic N) is 2. The number of nitrogens with one attached hydrogen (secondary N) is 1. The fraction of sp³-hybridized carbons (Fsp3) is 0.933. The van der Waals surface area contributed by atoms with Crippen LogP contribution >= 0.6 is 35.7 Å². The summed E-state index contributed by atoms with van der Waals surface area (Å²) in [5.74, 6) is 2.19. The first-order valence-electron chi connectivity index (χ1n) is 7.84. The quantitative estimate of drug-likeness (QED) is 0.387. The van der Waals surface area contributed by atoms with Crippen LogP contribution in [0.4, 0.5) is 0 Å². The third-order valence-electron chi connectivity index (χ3n) is 4.07. The van der Waals surface area contributed by atoms with E-state index in [4.69, 9.17) is 4.99 Å². The van der Waals surface area contributed by atoms with E-state index in [1.807, 2.05) is 0 Å². The maximum Gasteiger partial charge on any atom is 0.193 e. The number of rotatable bonds is 6. The number of hydrogen-bond acceptors (Lipinski definition) is 3. The van der Waals surface area contributed by atoms with Gasteiger partial charge in [0, 0.05) is 36.1 Å². The molecule has 0 radical (unpaired) electrons. The maximum atomic E-state index is 9.51. The predicted molar refractivity (Wildman–Crippen MR) is 105 cm³/mol. The summed E-state index contributed by atoms with van der Waals surface area (Å²) in [6.07, 6.45) is 2.16. The molecule has 126 valence electrons. The van der Waals surface area contributed by atoms with Gasteiger partial charge in [0.15, 0.2) is 5.96 Å². The van der Waals surface area contributed by atoms with Crippen LogP contribution in [0, 0.1) is 5.41 Å². The largest absolute Gasteiger partial charge is 0.396 e. The molecule has 0 bridgehead atoms. The van der Waals surface area contributed by atoms with Crippen molar-refractivity contribution in [3.8, 4) is 0 Å². The van der Waals surface area contributed by atoms with Crippen LogP contribution in [0.5, 0.6) is 0 Å². The molecule has 0 spiro atoms. The molecule has 1 aliphatic rings. The molecule has 2 N–H and O–H groups in total. The van der Waals surface area contributed by atoms with E-state index >= 15 is 0 Å². The highest BCUT2D eigenvalue weighted by Crippen LogP contribution is 2.23. The summed E-state index contributed by atoms with van der Waals surface area (Å²) in [4.78, 5) is 7.16. The summed E-state index contributed by atoms with van der Waals surface area (Å²) in [7, 11) is 0. The zero-order valence-electron chi connectivity index (χ0n) is 13.9. The van der Waals surface area contributed by atoms with Crippen molar-refractivity contribution in [3.63, 3.8) is 0 Å². The molecular formula is C15H32IN3OS. The van der Waals surface area contributed by atoms with E-state index < -0.39 is 0 Å². The molecule has 0 saturated carbocycles. The first kappa shape index (κ1) is 21.3. The molecule has 1 aliphatic heterocycles. The average molecular weight is 429 g/mol. The Bertz CT molecular complexity index is 311. The minimum atomic E-state index is -0.102. The minimum Gasteiger partial charge on any atom is -0.396 e. The van der Waals surface area contributed by atoms with Crippen molar-refractivity contribution in [2.45, 2.75) is 45.8 Å². The number of halogens is 1. The molecule has 6 heteroatoms. The number of aliphatic hydroxyl groups excluding tert-OH is 1. The van der Waals surface area contributed by atoms with Gasteiger partial charge >= 0.3 is 0 Å². The zero-order valence-corrected chi connectivity index (χ0v) is 17.0. The number of aliphatic hydroxyl groups is 1. The van der Waals surface area contributed by atoms with Crippen LogP contribution in [0.2, 0.25) is 0 Å². The second kappa shape index (κ2) is 10.9. The second-order valence-electron chi connectivity index (χ2n) is 5.84. The van der Waals surface area contributed by atoms with Crippen molar-refractivity contribution < 1.29 is 5.11 Å². The van der Waals surface area contributed by atoms with E-state index in [1.165, 1.54) is 12.2 Å². The Morgan fingerprint density at radius 2 is 2.14 bits per heavy atom. The summed E-state index contributed by atoms with van der Waals surface area (Å²) < 4.78 is 0. The number of thioether (sulfide) groups is 1. The molecule has 0 aliphatic carbocycles. The topological polar surface area (TPSA) is 47.9 Å². The third kappa shape index (κ3) is 6.95. The predicted octanol–water partition coefficient (Wildman–Crippen LogP) is 2.81. The molecular weight excluding hydrogens is 397 g/mol. The second-order valence-corrected chi connectivity index (χ2v) is 7.25. The lowest BCUT2D eigenvalue weighted by Crippen LogP contribution is -2.48. The normalized spacial score (nSPS) is 22.4. The monoisotopic (exact) mass is 429 g/mol. The lowest BCUT2D eigenvalue weighted by Gasteiger charge is -2.35. The Morgan fingerprint density at radius 1 is 1.43 bits per heavy atom. The van der Waals surface area contributed by atoms with Crippen molar-refractivity contribution in [2.24, 2.45) is 10.4 Å². The van der Waals surface area contributed by atoms with Gasteiger partial charge in [0.1, 0.15) is 0 Å². The highest BCUT2D eigenvalue weighted by Gasteiger charge is 2.24. The average Bonchev–Trinajstić information content (AvgIpc) is 2.51. The van der Waals surface area contributed by atoms with Gasteiger partial charge in [0.2, 0.25) is 0 Å². The summed E-state index contributed by atoms with van der Waals surface area (Å²) in [5.41, 5.74) is -0.102. The summed E-state index contributed by atoms with van der Waals surface area (Å²) >= 11 is 2.07. The molecule has 4 nitrogen and oxygen atoms in total. The van der Waals surface area contributed by atoms with Gasteiger partial charge in [0.05, 0.1) is 13.2 Å². The van der Waals surface area contributed by atoms with E-state index in [0.29, 0.717) is 11.8 Å². The van der Waals surface area contributed by atoms with Gasteiger partial charge < -0.3 is 15.3 Å². The Hall–Kier alpha value is 0.310. The van der Waals surface area contributed by atoms with Gasteiger partial charge in [-0.1, -0.05) is 20.8 Å². The van der Waals surface area contributed by atoms with Gasteiger partial charge in [-0.2, -0.15) is 11.8 Å². The number of aliphatic imine (C=N–C) groups is 1. The lowest BCUT2D eigenvalue weighted by molar-refractivity contribution is 0.145. The summed E-state index contributed by atoms with van der Waals surface area (Å²) in [6.45, 7) is 12.5. The van der Waals surface area contributed by atoms with Crippen LogP contribution in [0.1, 0.15) is 40.5 Å². The van der Waals surface area contributed by atoms with Crippen LogP contribution in [-0.4, -0.2) is 59.8 Å². The van der Waals surface area contributed by atoms with Crippen molar-refractivity contribution in [2.75, 3.05) is 38.5 Å². The molecule has 1 rings (SSSR count). The molecule has 1 heterocycles. The van der Waals surface area contributed by atoms with Crippen molar-refractivity contribution in [1.82, 2.24) is 10.2 Å². The van der Waals surface area contributed by atoms with Crippen LogP contribution < -0.4 is 5.32 Å². The summed E-state index contributed by atoms with van der Waals surface area (Å²) in [5, 5.41) is 13.6. The van der Waals surface area contributed by atoms with Crippen LogP contribution in [0.3, 0.4) is 0 Å². The van der Waals surface area contributed by atoms with Crippen molar-refractivity contribution >= 4 is 41.7 Å². The molecule has 2 unspecified atom stereocenters. The molecule has 21 heavy (non-hydrogen) atoms. The molecule has 0 aromatic rings. The standard InChI is InChI=1S/C15H31N3OS.HI/c1-5-13-10-18(8-9-20-13)14(16-7-3)17-11-15(4,6-2)12-19;/h13,19H,5-12H2,1-4H3,(H,16,17);1H. The molecule has 0 aromatic heterocycles. The molecule has 0 amide bonds. The number of guanidine groups is 1. The van der Waals surface area contributed by atoms with E-state index in [2.05, 4.69) is 49.7 Å². The van der Waals surface area contributed by atoms with Gasteiger partial charge in [0.25, 0.3) is 0 Å². The highest BCUT2D eigenvalue weighted by atomic mass is 127. The SMILES string of the molecule is CCNC(=NCC(C)(CC)CO)N1CCSC(CC)C1.I. The smallest absolute Gasteiger partial charge is 0.193 e. The van der Waals surface area contributed by atoms with Crippen LogP contribution in [0.15, 0.2) is 4.99 Å². The first-order chi connectivity index (χ1) is 9.58. The fourth-order valence-corrected chi connectivity index (χ4v) is 3.30.